The number of anilines is 1. The Bertz CT molecular complexity index is 457. The lowest BCUT2D eigenvalue weighted by Crippen LogP contribution is -2.41. The van der Waals surface area contributed by atoms with Gasteiger partial charge in [-0.25, -0.2) is 0 Å². The maximum Gasteiger partial charge on any atom is 0.256 e. The van der Waals surface area contributed by atoms with Gasteiger partial charge in [0.1, 0.15) is 12.4 Å². The fraction of sp³-hybridized carbons (Fsp3) is 0.333. The molecule has 0 spiro atoms. The number of benzene rings is 1. The van der Waals surface area contributed by atoms with E-state index in [1.807, 2.05) is 6.07 Å². The van der Waals surface area contributed by atoms with Crippen molar-refractivity contribution in [2.75, 3.05) is 11.5 Å². The second kappa shape index (κ2) is 3.42. The van der Waals surface area contributed by atoms with Crippen molar-refractivity contribution in [2.24, 2.45) is 0 Å². The molecule has 16 heavy (non-hydrogen) atoms. The van der Waals surface area contributed by atoms with Crippen LogP contribution < -0.4 is 4.90 Å². The predicted molar refractivity (Wildman–Crippen MR) is 57.5 cm³/mol. The van der Waals surface area contributed by atoms with Crippen molar-refractivity contribution in [3.05, 3.63) is 29.8 Å². The van der Waals surface area contributed by atoms with Crippen LogP contribution in [0.1, 0.15) is 16.8 Å². The third kappa shape index (κ3) is 1.27. The maximum atomic E-state index is 11.9. The lowest BCUT2D eigenvalue weighted by atomic mass is 10.2. The summed E-state index contributed by atoms with van der Waals surface area (Å²) >= 11 is 0. The van der Waals surface area contributed by atoms with Crippen LogP contribution in [0.2, 0.25) is 0 Å². The van der Waals surface area contributed by atoms with Gasteiger partial charge in [0.05, 0.1) is 12.6 Å². The highest BCUT2D eigenvalue weighted by atomic mass is 16.5. The first-order chi connectivity index (χ1) is 7.79. The summed E-state index contributed by atoms with van der Waals surface area (Å²) in [7, 11) is 0. The van der Waals surface area contributed by atoms with E-state index in [0.717, 1.165) is 18.4 Å². The largest absolute Gasteiger partial charge is 0.366 e. The number of nitrogens with zero attached hydrogens (tertiary/aromatic N) is 1. The number of aldehydes is 1. The molecule has 2 bridgehead atoms. The molecule has 2 atom stereocenters. The summed E-state index contributed by atoms with van der Waals surface area (Å²) in [6, 6.07) is 7.25. The van der Waals surface area contributed by atoms with Gasteiger partial charge in [0.25, 0.3) is 5.91 Å². The Balaban J connectivity index is 1.97. The normalized spacial score (nSPS) is 27.5. The van der Waals surface area contributed by atoms with Crippen LogP contribution in [0.15, 0.2) is 24.3 Å². The van der Waals surface area contributed by atoms with Crippen molar-refractivity contribution in [2.45, 2.75) is 18.6 Å². The zero-order valence-corrected chi connectivity index (χ0v) is 8.63. The highest BCUT2D eigenvalue weighted by molar-refractivity contribution is 6.00. The first-order valence-electron chi connectivity index (χ1n) is 5.29. The van der Waals surface area contributed by atoms with Gasteiger partial charge in [-0.3, -0.25) is 9.59 Å². The minimum absolute atomic E-state index is 0.0132. The number of hydrogen-bond donors (Lipinski definition) is 0. The molecule has 2 saturated heterocycles. The molecular formula is C12H11NO3. The SMILES string of the molecule is O=Cc1cccc(N2C(=O)C3CC2CO3)c1. The second-order valence-electron chi connectivity index (χ2n) is 4.13. The van der Waals surface area contributed by atoms with Gasteiger partial charge in [0, 0.05) is 17.7 Å². The molecule has 1 aromatic rings. The predicted octanol–water partition coefficient (Wildman–Crippen LogP) is 1.00. The monoisotopic (exact) mass is 217 g/mol. The van der Waals surface area contributed by atoms with Crippen LogP contribution in [0.4, 0.5) is 5.69 Å². The molecule has 0 N–H and O–H groups in total. The number of fused-ring (bicyclic) bond motifs is 2. The summed E-state index contributed by atoms with van der Waals surface area (Å²) in [5.74, 6) is 0.0132. The molecule has 4 heteroatoms. The van der Waals surface area contributed by atoms with E-state index in [-0.39, 0.29) is 18.1 Å². The van der Waals surface area contributed by atoms with E-state index in [9.17, 15) is 9.59 Å². The first kappa shape index (κ1) is 9.54. The van der Waals surface area contributed by atoms with Gasteiger partial charge in [-0.1, -0.05) is 12.1 Å². The third-order valence-electron chi connectivity index (χ3n) is 3.14. The quantitative estimate of drug-likeness (QED) is 0.694. The van der Waals surface area contributed by atoms with Crippen LogP contribution in [0.3, 0.4) is 0 Å². The molecule has 3 rings (SSSR count). The maximum absolute atomic E-state index is 11.9. The zero-order valence-electron chi connectivity index (χ0n) is 8.63. The molecule has 0 saturated carbocycles. The summed E-state index contributed by atoms with van der Waals surface area (Å²) in [5.41, 5.74) is 1.39. The van der Waals surface area contributed by atoms with Crippen LogP contribution in [0.5, 0.6) is 0 Å². The Morgan fingerprint density at radius 1 is 1.44 bits per heavy atom. The minimum Gasteiger partial charge on any atom is -0.366 e. The Labute approximate surface area is 92.8 Å². The van der Waals surface area contributed by atoms with Crippen LogP contribution in [0.25, 0.3) is 0 Å². The van der Waals surface area contributed by atoms with E-state index in [1.54, 1.807) is 23.1 Å². The molecule has 2 aliphatic rings. The fourth-order valence-electron chi connectivity index (χ4n) is 2.38. The number of morpholine rings is 1. The topological polar surface area (TPSA) is 46.6 Å². The molecule has 2 unspecified atom stereocenters. The molecule has 2 fully saturated rings. The van der Waals surface area contributed by atoms with Gasteiger partial charge in [-0.05, 0) is 12.1 Å². The lowest BCUT2D eigenvalue weighted by Gasteiger charge is -2.27. The number of rotatable bonds is 2. The van der Waals surface area contributed by atoms with Gasteiger partial charge in [-0.2, -0.15) is 0 Å². The summed E-state index contributed by atoms with van der Waals surface area (Å²) in [5, 5.41) is 0. The average molecular weight is 217 g/mol. The molecule has 4 nitrogen and oxygen atoms in total. The lowest BCUT2D eigenvalue weighted by molar-refractivity contribution is -0.128. The van der Waals surface area contributed by atoms with Crippen LogP contribution >= 0.6 is 0 Å². The van der Waals surface area contributed by atoms with Crippen molar-refractivity contribution in [3.8, 4) is 0 Å². The van der Waals surface area contributed by atoms with Crippen molar-refractivity contribution < 1.29 is 14.3 Å². The van der Waals surface area contributed by atoms with Gasteiger partial charge in [0.2, 0.25) is 0 Å². The van der Waals surface area contributed by atoms with Gasteiger partial charge in [-0.15, -0.1) is 0 Å². The minimum atomic E-state index is -0.273. The molecule has 2 heterocycles. The summed E-state index contributed by atoms with van der Waals surface area (Å²) in [6.07, 6.45) is 1.29. The summed E-state index contributed by atoms with van der Waals surface area (Å²) < 4.78 is 5.31. The van der Waals surface area contributed by atoms with Crippen molar-refractivity contribution in [3.63, 3.8) is 0 Å². The second-order valence-corrected chi connectivity index (χ2v) is 4.13. The zero-order chi connectivity index (χ0) is 11.1. The van der Waals surface area contributed by atoms with Crippen molar-refractivity contribution in [1.29, 1.82) is 0 Å². The van der Waals surface area contributed by atoms with Crippen LogP contribution in [0, 0.1) is 0 Å². The van der Waals surface area contributed by atoms with Crippen LogP contribution in [-0.2, 0) is 9.53 Å². The standard InChI is InChI=1S/C12H11NO3/c14-6-8-2-1-3-9(4-8)13-10-5-11(12(13)15)16-7-10/h1-4,6,10-11H,5,7H2. The van der Waals surface area contributed by atoms with E-state index >= 15 is 0 Å². The highest BCUT2D eigenvalue weighted by Gasteiger charge is 2.46. The van der Waals surface area contributed by atoms with Gasteiger partial charge < -0.3 is 9.64 Å². The number of ether oxygens (including phenoxy) is 1. The molecule has 2 aliphatic heterocycles. The number of amides is 1. The fourth-order valence-corrected chi connectivity index (χ4v) is 2.38. The molecular weight excluding hydrogens is 206 g/mol. The van der Waals surface area contributed by atoms with E-state index in [0.29, 0.717) is 12.2 Å². The number of carbonyl (C=O) groups excluding carboxylic acids is 2. The van der Waals surface area contributed by atoms with Gasteiger partial charge >= 0.3 is 0 Å². The Hall–Kier alpha value is -1.68. The highest BCUT2D eigenvalue weighted by Crippen LogP contribution is 2.33. The summed E-state index contributed by atoms with van der Waals surface area (Å²) in [6.45, 7) is 0.599. The van der Waals surface area contributed by atoms with Crippen molar-refractivity contribution >= 4 is 17.9 Å². The van der Waals surface area contributed by atoms with Gasteiger partial charge in [0.15, 0.2) is 0 Å². The third-order valence-corrected chi connectivity index (χ3v) is 3.14. The smallest absolute Gasteiger partial charge is 0.256 e. The molecule has 1 amide bonds. The molecule has 0 radical (unpaired) electrons. The van der Waals surface area contributed by atoms with E-state index < -0.39 is 0 Å². The Morgan fingerprint density at radius 2 is 2.31 bits per heavy atom. The Morgan fingerprint density at radius 3 is 3.00 bits per heavy atom. The van der Waals surface area contributed by atoms with E-state index in [1.165, 1.54) is 0 Å². The first-order valence-corrected chi connectivity index (χ1v) is 5.29. The summed E-state index contributed by atoms with van der Waals surface area (Å²) in [4.78, 5) is 24.3. The number of hydrogen-bond acceptors (Lipinski definition) is 3. The van der Waals surface area contributed by atoms with E-state index in [2.05, 4.69) is 0 Å². The van der Waals surface area contributed by atoms with Crippen molar-refractivity contribution in [1.82, 2.24) is 0 Å². The molecule has 1 aromatic carbocycles. The van der Waals surface area contributed by atoms with Crippen LogP contribution in [-0.4, -0.2) is 30.9 Å². The molecule has 0 aliphatic carbocycles. The van der Waals surface area contributed by atoms with E-state index in [4.69, 9.17) is 4.74 Å². The molecule has 82 valence electrons. The Kier molecular flexibility index (Phi) is 2.04. The molecule has 0 aromatic heterocycles. The average Bonchev–Trinajstić information content (AvgIpc) is 2.89. The number of carbonyl (C=O) groups is 2.